The number of hydrogen-bond donors (Lipinski definition) is 2. The maximum absolute atomic E-state index is 12.2. The van der Waals surface area contributed by atoms with Gasteiger partial charge in [0.1, 0.15) is 11.9 Å². The molecule has 2 aromatic carbocycles. The molecule has 0 saturated carbocycles. The fourth-order valence-corrected chi connectivity index (χ4v) is 2.54. The monoisotopic (exact) mass is 296 g/mol. The number of anilines is 1. The number of para-hydroxylation sites is 2. The third-order valence-corrected chi connectivity index (χ3v) is 3.73. The maximum Gasteiger partial charge on any atom is 0.255 e. The molecule has 0 spiro atoms. The summed E-state index contributed by atoms with van der Waals surface area (Å²) < 4.78 is 5.86. The van der Waals surface area contributed by atoms with Gasteiger partial charge < -0.3 is 15.4 Å². The molecular formula is C18H20N2O2. The average molecular weight is 296 g/mol. The van der Waals surface area contributed by atoms with E-state index in [1.165, 1.54) is 0 Å². The molecule has 4 nitrogen and oxygen atoms in total. The van der Waals surface area contributed by atoms with E-state index < -0.39 is 0 Å². The minimum atomic E-state index is -0.278. The van der Waals surface area contributed by atoms with Gasteiger partial charge in [-0.2, -0.15) is 0 Å². The van der Waals surface area contributed by atoms with E-state index in [1.807, 2.05) is 48.5 Å². The summed E-state index contributed by atoms with van der Waals surface area (Å²) >= 11 is 0. The van der Waals surface area contributed by atoms with Gasteiger partial charge in [0, 0.05) is 11.3 Å². The number of ether oxygens (including phenoxy) is 1. The molecule has 0 unspecified atom stereocenters. The van der Waals surface area contributed by atoms with E-state index >= 15 is 0 Å². The molecule has 0 radical (unpaired) electrons. The van der Waals surface area contributed by atoms with Crippen molar-refractivity contribution in [2.75, 3.05) is 11.9 Å². The summed E-state index contributed by atoms with van der Waals surface area (Å²) in [6.45, 7) is 2.82. The first kappa shape index (κ1) is 14.4. The third-order valence-electron chi connectivity index (χ3n) is 3.73. The van der Waals surface area contributed by atoms with E-state index in [4.69, 9.17) is 4.74 Å². The summed E-state index contributed by atoms with van der Waals surface area (Å²) in [5.74, 6) is 0.746. The predicted octanol–water partition coefficient (Wildman–Crippen LogP) is 3.72. The predicted molar refractivity (Wildman–Crippen MR) is 87.1 cm³/mol. The van der Waals surface area contributed by atoms with Crippen molar-refractivity contribution in [2.45, 2.75) is 25.9 Å². The summed E-state index contributed by atoms with van der Waals surface area (Å²) in [6, 6.07) is 15.3. The Morgan fingerprint density at radius 2 is 1.82 bits per heavy atom. The van der Waals surface area contributed by atoms with Crippen LogP contribution in [0.3, 0.4) is 0 Å². The van der Waals surface area contributed by atoms with E-state index in [9.17, 15) is 4.79 Å². The minimum absolute atomic E-state index is 0.0669. The normalized spacial score (nSPS) is 16.4. The van der Waals surface area contributed by atoms with Crippen LogP contribution in [0.4, 0.5) is 5.69 Å². The van der Waals surface area contributed by atoms with E-state index in [-0.39, 0.29) is 12.1 Å². The average Bonchev–Trinajstić information content (AvgIpc) is 2.55. The Labute approximate surface area is 130 Å². The first-order chi connectivity index (χ1) is 10.8. The van der Waals surface area contributed by atoms with Gasteiger partial charge >= 0.3 is 0 Å². The van der Waals surface area contributed by atoms with Crippen LogP contribution in [0.5, 0.6) is 5.75 Å². The van der Waals surface area contributed by atoms with Crippen LogP contribution < -0.4 is 15.4 Å². The lowest BCUT2D eigenvalue weighted by molar-refractivity contribution is 0.0935. The van der Waals surface area contributed by atoms with E-state index in [0.29, 0.717) is 12.2 Å². The van der Waals surface area contributed by atoms with Gasteiger partial charge in [-0.05, 0) is 24.6 Å². The van der Waals surface area contributed by atoms with Crippen LogP contribution in [-0.4, -0.2) is 12.5 Å². The second-order valence-corrected chi connectivity index (χ2v) is 5.34. The van der Waals surface area contributed by atoms with Gasteiger partial charge in [0.25, 0.3) is 5.91 Å². The molecule has 0 fully saturated rings. The molecule has 22 heavy (non-hydrogen) atoms. The molecule has 1 aliphatic heterocycles. The van der Waals surface area contributed by atoms with Crippen molar-refractivity contribution in [1.82, 2.24) is 5.32 Å². The second-order valence-electron chi connectivity index (χ2n) is 5.34. The van der Waals surface area contributed by atoms with Gasteiger partial charge in [-0.3, -0.25) is 4.79 Å². The van der Waals surface area contributed by atoms with Gasteiger partial charge in [0.2, 0.25) is 0 Å². The molecule has 0 bridgehead atoms. The molecule has 0 saturated heterocycles. The molecule has 1 heterocycles. The van der Waals surface area contributed by atoms with E-state index in [2.05, 4.69) is 17.6 Å². The summed E-state index contributed by atoms with van der Waals surface area (Å²) in [5, 5.41) is 6.35. The van der Waals surface area contributed by atoms with Crippen LogP contribution in [0.25, 0.3) is 0 Å². The van der Waals surface area contributed by atoms with Crippen LogP contribution in [0, 0.1) is 0 Å². The third kappa shape index (κ3) is 2.91. The highest BCUT2D eigenvalue weighted by atomic mass is 16.5. The lowest BCUT2D eigenvalue weighted by Gasteiger charge is -2.29. The Balaban J connectivity index is 1.85. The first-order valence-corrected chi connectivity index (χ1v) is 7.67. The molecular weight excluding hydrogens is 276 g/mol. The second kappa shape index (κ2) is 6.52. The summed E-state index contributed by atoms with van der Waals surface area (Å²) in [5.41, 5.74) is 2.46. The molecule has 0 aromatic heterocycles. The molecule has 2 aromatic rings. The molecule has 1 aliphatic rings. The molecule has 0 aliphatic carbocycles. The summed E-state index contributed by atoms with van der Waals surface area (Å²) in [4.78, 5) is 12.2. The number of carbonyl (C=O) groups excluding carboxylic acids is 1. The number of carbonyl (C=O) groups is 1. The van der Waals surface area contributed by atoms with Crippen molar-refractivity contribution in [2.24, 2.45) is 0 Å². The summed E-state index contributed by atoms with van der Waals surface area (Å²) in [6.07, 6.45) is 1.83. The zero-order chi connectivity index (χ0) is 15.4. The number of benzene rings is 2. The van der Waals surface area contributed by atoms with Crippen molar-refractivity contribution in [3.8, 4) is 5.75 Å². The Morgan fingerprint density at radius 1 is 1.05 bits per heavy atom. The quantitative estimate of drug-likeness (QED) is 0.827. The fourth-order valence-electron chi connectivity index (χ4n) is 2.54. The molecule has 2 N–H and O–H groups in total. The van der Waals surface area contributed by atoms with Crippen LogP contribution >= 0.6 is 0 Å². The van der Waals surface area contributed by atoms with Gasteiger partial charge in [-0.15, -0.1) is 0 Å². The lowest BCUT2D eigenvalue weighted by Crippen LogP contribution is -2.38. The molecule has 1 amide bonds. The summed E-state index contributed by atoms with van der Waals surface area (Å²) in [7, 11) is 0. The largest absolute Gasteiger partial charge is 0.493 e. The number of rotatable bonds is 5. The van der Waals surface area contributed by atoms with Crippen molar-refractivity contribution >= 4 is 11.6 Å². The smallest absolute Gasteiger partial charge is 0.255 e. The van der Waals surface area contributed by atoms with Gasteiger partial charge in [-0.25, -0.2) is 0 Å². The number of unbranched alkanes of at least 4 members (excludes halogenated alkanes) is 1. The fraction of sp³-hybridized carbons (Fsp3) is 0.278. The number of hydrogen-bond acceptors (Lipinski definition) is 3. The van der Waals surface area contributed by atoms with Crippen LogP contribution in [0.1, 0.15) is 41.9 Å². The Morgan fingerprint density at radius 3 is 2.68 bits per heavy atom. The van der Waals surface area contributed by atoms with Crippen LogP contribution in [-0.2, 0) is 0 Å². The highest BCUT2D eigenvalue weighted by Crippen LogP contribution is 2.31. The molecule has 4 heteroatoms. The Bertz CT molecular complexity index is 670. The molecule has 114 valence electrons. The number of nitrogens with one attached hydrogen (secondary N) is 2. The Hall–Kier alpha value is -2.49. The first-order valence-electron chi connectivity index (χ1n) is 7.67. The van der Waals surface area contributed by atoms with Gasteiger partial charge in [-0.1, -0.05) is 43.7 Å². The number of amides is 1. The van der Waals surface area contributed by atoms with Crippen LogP contribution in [0.2, 0.25) is 0 Å². The molecule has 3 rings (SSSR count). The van der Waals surface area contributed by atoms with Crippen LogP contribution in [0.15, 0.2) is 48.5 Å². The Kier molecular flexibility index (Phi) is 4.28. The minimum Gasteiger partial charge on any atom is -0.493 e. The van der Waals surface area contributed by atoms with E-state index in [0.717, 1.165) is 29.8 Å². The van der Waals surface area contributed by atoms with Crippen molar-refractivity contribution in [1.29, 1.82) is 0 Å². The van der Waals surface area contributed by atoms with Crippen molar-refractivity contribution in [3.05, 3.63) is 59.7 Å². The van der Waals surface area contributed by atoms with Crippen molar-refractivity contribution in [3.63, 3.8) is 0 Å². The topological polar surface area (TPSA) is 50.4 Å². The van der Waals surface area contributed by atoms with E-state index in [1.54, 1.807) is 0 Å². The highest BCUT2D eigenvalue weighted by molar-refractivity contribution is 6.01. The molecule has 1 atom stereocenters. The SMILES string of the molecule is CCCCOc1ccccc1[C@@H]1NC(=O)c2ccccc2N1. The highest BCUT2D eigenvalue weighted by Gasteiger charge is 2.25. The lowest BCUT2D eigenvalue weighted by atomic mass is 10.1. The maximum atomic E-state index is 12.2. The number of fused-ring (bicyclic) bond motifs is 1. The van der Waals surface area contributed by atoms with Crippen molar-refractivity contribution < 1.29 is 9.53 Å². The van der Waals surface area contributed by atoms with Gasteiger partial charge in [0.15, 0.2) is 0 Å². The van der Waals surface area contributed by atoms with Gasteiger partial charge in [0.05, 0.1) is 12.2 Å². The zero-order valence-corrected chi connectivity index (χ0v) is 12.6. The standard InChI is InChI=1S/C18H20N2O2/c1-2-3-12-22-16-11-7-5-9-14(16)17-19-15-10-6-4-8-13(15)18(21)20-17/h4-11,17,19H,2-3,12H2,1H3,(H,20,21)/t17-/m0/s1. The zero-order valence-electron chi connectivity index (χ0n) is 12.6.